The van der Waals surface area contributed by atoms with E-state index in [1.807, 2.05) is 12.1 Å². The van der Waals surface area contributed by atoms with E-state index in [1.165, 1.54) is 18.4 Å². The van der Waals surface area contributed by atoms with Crippen molar-refractivity contribution in [2.24, 2.45) is 11.7 Å². The highest BCUT2D eigenvalue weighted by Crippen LogP contribution is 2.31. The van der Waals surface area contributed by atoms with Gasteiger partial charge in [-0.3, -0.25) is 0 Å². The smallest absolute Gasteiger partial charge is 0.101 e. The first-order chi connectivity index (χ1) is 8.67. The van der Waals surface area contributed by atoms with E-state index in [-0.39, 0.29) is 0 Å². The molecular weight excluding hydrogens is 222 g/mol. The normalized spacial score (nSPS) is 23.8. The van der Waals surface area contributed by atoms with Gasteiger partial charge in [-0.15, -0.1) is 0 Å². The first-order valence-electron chi connectivity index (χ1n) is 6.65. The monoisotopic (exact) mass is 243 g/mol. The fourth-order valence-electron chi connectivity index (χ4n) is 2.88. The van der Waals surface area contributed by atoms with Crippen molar-refractivity contribution in [3.63, 3.8) is 0 Å². The molecule has 2 unspecified atom stereocenters. The van der Waals surface area contributed by atoms with Crippen LogP contribution < -0.4 is 10.6 Å². The Hall–Kier alpha value is -1.53. The lowest BCUT2D eigenvalue weighted by Crippen LogP contribution is -2.49. The van der Waals surface area contributed by atoms with E-state index in [1.54, 1.807) is 0 Å². The van der Waals surface area contributed by atoms with Crippen LogP contribution in [0.1, 0.15) is 30.9 Å². The minimum absolute atomic E-state index is 0.354. The van der Waals surface area contributed by atoms with Gasteiger partial charge in [0.25, 0.3) is 0 Å². The highest BCUT2D eigenvalue weighted by Gasteiger charge is 2.28. The van der Waals surface area contributed by atoms with E-state index in [2.05, 4.69) is 30.9 Å². The molecule has 1 aliphatic heterocycles. The van der Waals surface area contributed by atoms with Gasteiger partial charge < -0.3 is 10.6 Å². The van der Waals surface area contributed by atoms with Gasteiger partial charge in [-0.05, 0) is 43.4 Å². The van der Waals surface area contributed by atoms with Crippen LogP contribution in [0.15, 0.2) is 18.2 Å². The average molecular weight is 243 g/mol. The molecule has 3 nitrogen and oxygen atoms in total. The predicted molar refractivity (Wildman–Crippen MR) is 74.5 cm³/mol. The molecule has 0 saturated carbocycles. The molecule has 1 aromatic rings. The summed E-state index contributed by atoms with van der Waals surface area (Å²) in [6.45, 7) is 5.98. The minimum atomic E-state index is 0.354. The number of piperidine rings is 1. The fourth-order valence-corrected chi connectivity index (χ4v) is 2.88. The molecule has 1 heterocycles. The van der Waals surface area contributed by atoms with Gasteiger partial charge in [0.2, 0.25) is 0 Å². The van der Waals surface area contributed by atoms with Crippen molar-refractivity contribution >= 4 is 5.69 Å². The van der Waals surface area contributed by atoms with Gasteiger partial charge in [-0.25, -0.2) is 0 Å². The average Bonchev–Trinajstić information content (AvgIpc) is 2.38. The summed E-state index contributed by atoms with van der Waals surface area (Å²) in [5.41, 5.74) is 8.93. The SMILES string of the molecule is Cc1ccc(C#N)c(N2CCCC(C)C2CN)c1. The maximum atomic E-state index is 9.26. The molecule has 1 aliphatic rings. The lowest BCUT2D eigenvalue weighted by Gasteiger charge is -2.41. The summed E-state index contributed by atoms with van der Waals surface area (Å²) in [7, 11) is 0. The maximum Gasteiger partial charge on any atom is 0.101 e. The van der Waals surface area contributed by atoms with Crippen LogP contribution >= 0.6 is 0 Å². The van der Waals surface area contributed by atoms with Crippen LogP contribution in [0.5, 0.6) is 0 Å². The van der Waals surface area contributed by atoms with Crippen LogP contribution in [0.3, 0.4) is 0 Å². The summed E-state index contributed by atoms with van der Waals surface area (Å²) in [5.74, 6) is 0.593. The molecule has 0 aliphatic carbocycles. The molecule has 2 N–H and O–H groups in total. The third-order valence-electron chi connectivity index (χ3n) is 3.94. The number of anilines is 1. The van der Waals surface area contributed by atoms with Crippen LogP contribution in [-0.2, 0) is 0 Å². The van der Waals surface area contributed by atoms with Crippen molar-refractivity contribution in [1.82, 2.24) is 0 Å². The number of nitrogens with two attached hydrogens (primary N) is 1. The molecule has 96 valence electrons. The molecule has 0 amide bonds. The Labute approximate surface area is 109 Å². The van der Waals surface area contributed by atoms with Crippen LogP contribution in [0.2, 0.25) is 0 Å². The molecule has 2 atom stereocenters. The number of hydrogen-bond acceptors (Lipinski definition) is 3. The molecule has 3 heteroatoms. The molecule has 0 radical (unpaired) electrons. The number of nitrogens with zero attached hydrogens (tertiary/aromatic N) is 2. The fraction of sp³-hybridized carbons (Fsp3) is 0.533. The standard InChI is InChI=1S/C15H21N3/c1-11-5-6-13(9-16)14(8-11)18-7-3-4-12(2)15(18)10-17/h5-6,8,12,15H,3-4,7,10,17H2,1-2H3. The zero-order chi connectivity index (χ0) is 13.1. The number of benzene rings is 1. The third kappa shape index (κ3) is 2.34. The van der Waals surface area contributed by atoms with Crippen LogP contribution in [-0.4, -0.2) is 19.1 Å². The lowest BCUT2D eigenvalue weighted by atomic mass is 9.89. The minimum Gasteiger partial charge on any atom is -0.366 e. The van der Waals surface area contributed by atoms with Gasteiger partial charge in [0.1, 0.15) is 6.07 Å². The maximum absolute atomic E-state index is 9.26. The molecule has 1 saturated heterocycles. The van der Waals surface area contributed by atoms with E-state index >= 15 is 0 Å². The summed E-state index contributed by atoms with van der Waals surface area (Å²) in [4.78, 5) is 2.33. The van der Waals surface area contributed by atoms with Crippen molar-refractivity contribution < 1.29 is 0 Å². The van der Waals surface area contributed by atoms with Crippen molar-refractivity contribution in [1.29, 1.82) is 5.26 Å². The van der Waals surface area contributed by atoms with Gasteiger partial charge in [0, 0.05) is 19.1 Å². The second-order valence-corrected chi connectivity index (χ2v) is 5.25. The van der Waals surface area contributed by atoms with Gasteiger partial charge in [0.05, 0.1) is 11.3 Å². The first kappa shape index (κ1) is 12.9. The highest BCUT2D eigenvalue weighted by molar-refractivity contribution is 5.61. The predicted octanol–water partition coefficient (Wildman–Crippen LogP) is 2.43. The summed E-state index contributed by atoms with van der Waals surface area (Å²) in [6, 6.07) is 8.67. The zero-order valence-corrected chi connectivity index (χ0v) is 11.2. The molecule has 0 bridgehead atoms. The summed E-state index contributed by atoms with van der Waals surface area (Å²) < 4.78 is 0. The van der Waals surface area contributed by atoms with E-state index in [9.17, 15) is 5.26 Å². The Bertz CT molecular complexity index is 461. The lowest BCUT2D eigenvalue weighted by molar-refractivity contribution is 0.349. The molecule has 18 heavy (non-hydrogen) atoms. The quantitative estimate of drug-likeness (QED) is 0.868. The van der Waals surface area contributed by atoms with E-state index in [0.29, 0.717) is 18.5 Å². The largest absolute Gasteiger partial charge is 0.366 e. The Morgan fingerprint density at radius 2 is 2.28 bits per heavy atom. The Morgan fingerprint density at radius 3 is 2.94 bits per heavy atom. The van der Waals surface area contributed by atoms with Gasteiger partial charge >= 0.3 is 0 Å². The second kappa shape index (κ2) is 5.41. The highest BCUT2D eigenvalue weighted by atomic mass is 15.2. The third-order valence-corrected chi connectivity index (χ3v) is 3.94. The van der Waals surface area contributed by atoms with E-state index in [4.69, 9.17) is 5.73 Å². The first-order valence-corrected chi connectivity index (χ1v) is 6.65. The summed E-state index contributed by atoms with van der Waals surface area (Å²) in [6.07, 6.45) is 2.41. The Kier molecular flexibility index (Phi) is 3.88. The van der Waals surface area contributed by atoms with Crippen molar-refractivity contribution in [3.05, 3.63) is 29.3 Å². The molecule has 1 fully saturated rings. The van der Waals surface area contributed by atoms with Gasteiger partial charge in [-0.1, -0.05) is 13.0 Å². The van der Waals surface area contributed by atoms with Crippen LogP contribution in [0.4, 0.5) is 5.69 Å². The molecular formula is C15H21N3. The van der Waals surface area contributed by atoms with Crippen molar-refractivity contribution in [3.8, 4) is 6.07 Å². The molecule has 1 aromatic carbocycles. The van der Waals surface area contributed by atoms with Crippen LogP contribution in [0, 0.1) is 24.2 Å². The van der Waals surface area contributed by atoms with Gasteiger partial charge in [0.15, 0.2) is 0 Å². The second-order valence-electron chi connectivity index (χ2n) is 5.25. The van der Waals surface area contributed by atoms with Crippen molar-refractivity contribution in [2.75, 3.05) is 18.0 Å². The topological polar surface area (TPSA) is 53.0 Å². The van der Waals surface area contributed by atoms with Gasteiger partial charge in [-0.2, -0.15) is 5.26 Å². The van der Waals surface area contributed by atoms with Crippen molar-refractivity contribution in [2.45, 2.75) is 32.7 Å². The number of rotatable bonds is 2. The Balaban J connectivity index is 2.40. The van der Waals surface area contributed by atoms with E-state index in [0.717, 1.165) is 17.8 Å². The summed E-state index contributed by atoms with van der Waals surface area (Å²) in [5, 5.41) is 9.26. The molecule has 2 rings (SSSR count). The van der Waals surface area contributed by atoms with Crippen LogP contribution in [0.25, 0.3) is 0 Å². The molecule has 0 spiro atoms. The number of aryl methyl sites for hydroxylation is 1. The molecule has 0 aromatic heterocycles. The Morgan fingerprint density at radius 1 is 1.50 bits per heavy atom. The zero-order valence-electron chi connectivity index (χ0n) is 11.2. The number of hydrogen-bond donors (Lipinski definition) is 1. The number of nitriles is 1. The summed E-state index contributed by atoms with van der Waals surface area (Å²) >= 11 is 0. The van der Waals surface area contributed by atoms with E-state index < -0.39 is 0 Å².